The fourth-order valence-electron chi connectivity index (χ4n) is 2.34. The second kappa shape index (κ2) is 5.11. The van der Waals surface area contributed by atoms with Crippen molar-refractivity contribution in [2.45, 2.75) is 33.1 Å². The number of nitrogens with two attached hydrogens (primary N) is 1. The maximum atomic E-state index is 14.2. The molecule has 1 fully saturated rings. The molecule has 0 radical (unpaired) electrons. The predicted octanol–water partition coefficient (Wildman–Crippen LogP) is 1.72. The zero-order chi connectivity index (χ0) is 14.0. The second-order valence-corrected chi connectivity index (χ2v) is 5.27. The molecule has 2 heterocycles. The SMILES string of the molecule is CCc1ncnc(N2CCC(C)(C(=N)N)CC2)c1F. The van der Waals surface area contributed by atoms with Gasteiger partial charge in [0, 0.05) is 18.5 Å². The molecule has 19 heavy (non-hydrogen) atoms. The number of anilines is 1. The molecule has 0 bridgehead atoms. The van der Waals surface area contributed by atoms with Gasteiger partial charge < -0.3 is 10.6 Å². The molecule has 3 N–H and O–H groups in total. The lowest BCUT2D eigenvalue weighted by molar-refractivity contribution is 0.347. The molecule has 5 nitrogen and oxygen atoms in total. The highest BCUT2D eigenvalue weighted by atomic mass is 19.1. The van der Waals surface area contributed by atoms with Gasteiger partial charge in [-0.15, -0.1) is 0 Å². The van der Waals surface area contributed by atoms with Gasteiger partial charge in [-0.25, -0.2) is 14.4 Å². The summed E-state index contributed by atoms with van der Waals surface area (Å²) in [5.41, 5.74) is 5.80. The summed E-state index contributed by atoms with van der Waals surface area (Å²) in [6, 6.07) is 0. The number of amidine groups is 1. The lowest BCUT2D eigenvalue weighted by atomic mass is 9.79. The zero-order valence-electron chi connectivity index (χ0n) is 11.4. The maximum absolute atomic E-state index is 14.2. The van der Waals surface area contributed by atoms with Gasteiger partial charge in [-0.3, -0.25) is 5.41 Å². The smallest absolute Gasteiger partial charge is 0.187 e. The summed E-state index contributed by atoms with van der Waals surface area (Å²) in [6.07, 6.45) is 3.46. The highest BCUT2D eigenvalue weighted by molar-refractivity contribution is 5.83. The third-order valence-electron chi connectivity index (χ3n) is 3.99. The number of hydrogen-bond donors (Lipinski definition) is 2. The molecule has 0 saturated carbocycles. The van der Waals surface area contributed by atoms with Crippen LogP contribution in [-0.4, -0.2) is 28.9 Å². The van der Waals surface area contributed by atoms with Crippen LogP contribution in [0.2, 0.25) is 0 Å². The molecule has 0 aromatic carbocycles. The molecular weight excluding hydrogens is 245 g/mol. The quantitative estimate of drug-likeness (QED) is 0.644. The van der Waals surface area contributed by atoms with Crippen LogP contribution in [0, 0.1) is 16.6 Å². The number of aromatic nitrogens is 2. The summed E-state index contributed by atoms with van der Waals surface area (Å²) < 4.78 is 14.2. The van der Waals surface area contributed by atoms with Gasteiger partial charge in [-0.05, 0) is 19.3 Å². The molecule has 0 amide bonds. The first kappa shape index (κ1) is 13.7. The number of nitrogens with zero attached hydrogens (tertiary/aromatic N) is 3. The van der Waals surface area contributed by atoms with Crippen molar-refractivity contribution in [3.05, 3.63) is 17.8 Å². The Hall–Kier alpha value is -1.72. The Balaban J connectivity index is 2.16. The van der Waals surface area contributed by atoms with Crippen molar-refractivity contribution in [2.75, 3.05) is 18.0 Å². The van der Waals surface area contributed by atoms with Crippen molar-refractivity contribution in [1.82, 2.24) is 9.97 Å². The minimum absolute atomic E-state index is 0.213. The number of aryl methyl sites for hydroxylation is 1. The first-order valence-corrected chi connectivity index (χ1v) is 6.57. The van der Waals surface area contributed by atoms with Crippen molar-refractivity contribution >= 4 is 11.7 Å². The van der Waals surface area contributed by atoms with Crippen LogP contribution >= 0.6 is 0 Å². The van der Waals surface area contributed by atoms with Gasteiger partial charge >= 0.3 is 0 Å². The third-order valence-corrected chi connectivity index (χ3v) is 3.99. The molecule has 0 atom stereocenters. The number of piperidine rings is 1. The highest BCUT2D eigenvalue weighted by Gasteiger charge is 2.34. The van der Waals surface area contributed by atoms with Crippen molar-refractivity contribution in [1.29, 1.82) is 5.41 Å². The summed E-state index contributed by atoms with van der Waals surface area (Å²) in [5.74, 6) is 0.262. The van der Waals surface area contributed by atoms with E-state index in [2.05, 4.69) is 9.97 Å². The molecule has 1 aromatic heterocycles. The molecule has 1 saturated heterocycles. The van der Waals surface area contributed by atoms with Gasteiger partial charge in [0.2, 0.25) is 0 Å². The van der Waals surface area contributed by atoms with E-state index in [1.807, 2.05) is 18.7 Å². The highest BCUT2D eigenvalue weighted by Crippen LogP contribution is 2.33. The molecule has 104 valence electrons. The molecule has 1 aliphatic rings. The molecule has 0 spiro atoms. The number of rotatable bonds is 3. The van der Waals surface area contributed by atoms with Gasteiger partial charge in [0.05, 0.1) is 11.5 Å². The van der Waals surface area contributed by atoms with E-state index in [9.17, 15) is 4.39 Å². The van der Waals surface area contributed by atoms with Crippen LogP contribution in [0.5, 0.6) is 0 Å². The predicted molar refractivity (Wildman–Crippen MR) is 72.8 cm³/mol. The Kier molecular flexibility index (Phi) is 3.68. The number of hydrogen-bond acceptors (Lipinski definition) is 4. The summed E-state index contributed by atoms with van der Waals surface area (Å²) in [6.45, 7) is 5.18. The van der Waals surface area contributed by atoms with Crippen LogP contribution in [0.3, 0.4) is 0 Å². The van der Waals surface area contributed by atoms with Crippen LogP contribution in [0.4, 0.5) is 10.2 Å². The minimum atomic E-state index is -0.323. The minimum Gasteiger partial charge on any atom is -0.387 e. The second-order valence-electron chi connectivity index (χ2n) is 5.27. The van der Waals surface area contributed by atoms with Gasteiger partial charge in [-0.2, -0.15) is 0 Å². The Morgan fingerprint density at radius 3 is 2.63 bits per heavy atom. The monoisotopic (exact) mass is 265 g/mol. The molecule has 6 heteroatoms. The molecular formula is C13H20FN5. The van der Waals surface area contributed by atoms with Crippen molar-refractivity contribution in [3.63, 3.8) is 0 Å². The van der Waals surface area contributed by atoms with Gasteiger partial charge in [0.15, 0.2) is 11.6 Å². The van der Waals surface area contributed by atoms with Gasteiger partial charge in [0.25, 0.3) is 0 Å². The summed E-state index contributed by atoms with van der Waals surface area (Å²) in [7, 11) is 0. The third kappa shape index (κ3) is 2.52. The summed E-state index contributed by atoms with van der Waals surface area (Å²) in [4.78, 5) is 9.92. The van der Waals surface area contributed by atoms with E-state index in [-0.39, 0.29) is 17.1 Å². The van der Waals surface area contributed by atoms with Crippen molar-refractivity contribution in [3.8, 4) is 0 Å². The summed E-state index contributed by atoms with van der Waals surface area (Å²) >= 11 is 0. The van der Waals surface area contributed by atoms with Crippen LogP contribution in [-0.2, 0) is 6.42 Å². The lowest BCUT2D eigenvalue weighted by Crippen LogP contribution is -2.45. The lowest BCUT2D eigenvalue weighted by Gasteiger charge is -2.39. The average Bonchev–Trinajstić information content (AvgIpc) is 2.40. The van der Waals surface area contributed by atoms with E-state index < -0.39 is 0 Å². The van der Waals surface area contributed by atoms with Gasteiger partial charge in [-0.1, -0.05) is 13.8 Å². The first-order chi connectivity index (χ1) is 8.98. The molecule has 0 unspecified atom stereocenters. The largest absolute Gasteiger partial charge is 0.387 e. The van der Waals surface area contributed by atoms with Crippen molar-refractivity contribution < 1.29 is 4.39 Å². The van der Waals surface area contributed by atoms with Crippen LogP contribution in [0.1, 0.15) is 32.4 Å². The number of halogens is 1. The van der Waals surface area contributed by atoms with Crippen LogP contribution in [0.25, 0.3) is 0 Å². The first-order valence-electron chi connectivity index (χ1n) is 6.57. The topological polar surface area (TPSA) is 78.9 Å². The standard InChI is InChI=1S/C13H20FN5/c1-3-9-10(14)11(18-8-17-9)19-6-4-13(2,5-7-19)12(15)16/h8H,3-7H2,1-2H3,(H3,15,16). The zero-order valence-corrected chi connectivity index (χ0v) is 11.4. The maximum Gasteiger partial charge on any atom is 0.187 e. The fraction of sp³-hybridized carbons (Fsp3) is 0.615. The normalized spacial score (nSPS) is 18.4. The molecule has 2 rings (SSSR count). The van der Waals surface area contributed by atoms with Crippen LogP contribution in [0.15, 0.2) is 6.33 Å². The van der Waals surface area contributed by atoms with E-state index in [4.69, 9.17) is 11.1 Å². The van der Waals surface area contributed by atoms with E-state index in [0.717, 1.165) is 12.8 Å². The van der Waals surface area contributed by atoms with E-state index in [1.165, 1.54) is 6.33 Å². The Labute approximate surface area is 112 Å². The fourth-order valence-corrected chi connectivity index (χ4v) is 2.34. The van der Waals surface area contributed by atoms with E-state index in [0.29, 0.717) is 31.0 Å². The number of nitrogens with one attached hydrogen (secondary N) is 1. The molecule has 1 aromatic rings. The van der Waals surface area contributed by atoms with Crippen molar-refractivity contribution in [2.24, 2.45) is 11.1 Å². The van der Waals surface area contributed by atoms with Crippen LogP contribution < -0.4 is 10.6 Å². The molecule has 0 aliphatic carbocycles. The Bertz CT molecular complexity index is 480. The van der Waals surface area contributed by atoms with Gasteiger partial charge in [0.1, 0.15) is 6.33 Å². The Morgan fingerprint density at radius 1 is 1.47 bits per heavy atom. The van der Waals surface area contributed by atoms with E-state index in [1.54, 1.807) is 0 Å². The Morgan fingerprint density at radius 2 is 2.11 bits per heavy atom. The molecule has 1 aliphatic heterocycles. The average molecular weight is 265 g/mol. The summed E-state index contributed by atoms with van der Waals surface area (Å²) in [5, 5.41) is 7.62. The van der Waals surface area contributed by atoms with E-state index >= 15 is 0 Å².